The van der Waals surface area contributed by atoms with Gasteiger partial charge in [0.2, 0.25) is 5.89 Å². The highest BCUT2D eigenvalue weighted by atomic mass is 16.5. The Labute approximate surface area is 193 Å². The van der Waals surface area contributed by atoms with Crippen LogP contribution in [0.3, 0.4) is 0 Å². The van der Waals surface area contributed by atoms with E-state index in [4.69, 9.17) is 23.1 Å². The average molecular weight is 467 g/mol. The van der Waals surface area contributed by atoms with Crippen LogP contribution in [-0.4, -0.2) is 58.2 Å². The number of nitrogens with zero attached hydrogens (tertiary/aromatic N) is 5. The summed E-state index contributed by atoms with van der Waals surface area (Å²) in [7, 11) is 1.73. The summed E-state index contributed by atoms with van der Waals surface area (Å²) in [6.07, 6.45) is 1.03. The molecule has 1 aliphatic carbocycles. The van der Waals surface area contributed by atoms with E-state index in [9.17, 15) is 9.59 Å². The molecule has 0 radical (unpaired) electrons. The number of hydrogen-bond acceptors (Lipinski definition) is 10. The Kier molecular flexibility index (Phi) is 4.92. The predicted molar refractivity (Wildman–Crippen MR) is 121 cm³/mol. The van der Waals surface area contributed by atoms with E-state index in [1.807, 2.05) is 13.8 Å². The Morgan fingerprint density at radius 3 is 2.59 bits per heavy atom. The van der Waals surface area contributed by atoms with Crippen LogP contribution in [0.1, 0.15) is 38.1 Å². The van der Waals surface area contributed by atoms with E-state index in [-0.39, 0.29) is 29.0 Å². The van der Waals surface area contributed by atoms with Crippen LogP contribution in [0, 0.1) is 11.8 Å². The quantitative estimate of drug-likeness (QED) is 0.295. The Morgan fingerprint density at radius 2 is 1.85 bits per heavy atom. The van der Waals surface area contributed by atoms with Crippen LogP contribution in [0.15, 0.2) is 35.0 Å². The van der Waals surface area contributed by atoms with Crippen LogP contribution in [0.5, 0.6) is 0 Å². The fourth-order valence-electron chi connectivity index (χ4n) is 5.25. The third kappa shape index (κ3) is 3.30. The number of ether oxygens (including phenoxy) is 1. The monoisotopic (exact) mass is 467 g/mol. The van der Waals surface area contributed by atoms with Crippen molar-refractivity contribution in [2.24, 2.45) is 11.8 Å². The third-order valence-electron chi connectivity index (χ3n) is 6.86. The van der Waals surface area contributed by atoms with Gasteiger partial charge in [-0.3, -0.25) is 4.68 Å². The largest absolute Gasteiger partial charge is 0.423 e. The number of aromatic nitrogens is 4. The molecule has 2 atom stereocenters. The summed E-state index contributed by atoms with van der Waals surface area (Å²) in [5, 5.41) is 13.8. The van der Waals surface area contributed by atoms with Gasteiger partial charge in [-0.1, -0.05) is 0 Å². The average Bonchev–Trinajstić information content (AvgIpc) is 3.24. The Balaban J connectivity index is 1.35. The fraction of sp³-hybridized carbons (Fsp3) is 0.522. The highest BCUT2D eigenvalue weighted by molar-refractivity contribution is 6.07. The van der Waals surface area contributed by atoms with Crippen LogP contribution >= 0.6 is 0 Å². The summed E-state index contributed by atoms with van der Waals surface area (Å²) < 4.78 is 23.5. The standard InChI is InChI=1S/C23H25N5O6/c1-11(2)28-14-5-6-15-19(33-23(30)22(29)32-15)17(14)18(26-28)21-25-24-20(34-21)16-12-9-27(10-13(12)16)7-4-8-31-3/h5-6,11-13,16H,4,7-10H2,1-3H3. The smallest absolute Gasteiger partial charge is 0.419 e. The summed E-state index contributed by atoms with van der Waals surface area (Å²) in [4.78, 5) is 26.1. The van der Waals surface area contributed by atoms with Gasteiger partial charge >= 0.3 is 11.3 Å². The second kappa shape index (κ2) is 7.88. The van der Waals surface area contributed by atoms with Crippen LogP contribution < -0.4 is 11.3 Å². The maximum absolute atomic E-state index is 11.9. The molecule has 6 rings (SSSR count). The molecule has 3 aromatic heterocycles. The van der Waals surface area contributed by atoms with Crippen LogP contribution in [0.2, 0.25) is 0 Å². The Hall–Kier alpha value is -3.31. The second-order valence-electron chi connectivity index (χ2n) is 9.36. The summed E-state index contributed by atoms with van der Waals surface area (Å²) in [5.74, 6) is 2.17. The van der Waals surface area contributed by atoms with Crippen molar-refractivity contribution in [3.05, 3.63) is 38.9 Å². The molecule has 0 spiro atoms. The topological polar surface area (TPSA) is 130 Å². The fourth-order valence-corrected chi connectivity index (χ4v) is 5.25. The van der Waals surface area contributed by atoms with Crippen molar-refractivity contribution in [3.8, 4) is 11.6 Å². The zero-order valence-corrected chi connectivity index (χ0v) is 19.2. The van der Waals surface area contributed by atoms with Gasteiger partial charge in [-0.2, -0.15) is 5.10 Å². The molecule has 11 nitrogen and oxygen atoms in total. The minimum atomic E-state index is -1.07. The van der Waals surface area contributed by atoms with Gasteiger partial charge in [-0.05, 0) is 44.2 Å². The molecule has 1 aliphatic heterocycles. The van der Waals surface area contributed by atoms with E-state index in [2.05, 4.69) is 15.1 Å². The molecular weight excluding hydrogens is 442 g/mol. The van der Waals surface area contributed by atoms with Crippen molar-refractivity contribution in [2.75, 3.05) is 33.4 Å². The number of rotatable bonds is 7. The highest BCUT2D eigenvalue weighted by Gasteiger charge is 2.58. The molecule has 2 unspecified atom stereocenters. The van der Waals surface area contributed by atoms with E-state index in [1.54, 1.807) is 23.9 Å². The van der Waals surface area contributed by atoms with Gasteiger partial charge in [0.05, 0.1) is 10.9 Å². The van der Waals surface area contributed by atoms with Gasteiger partial charge in [-0.25, -0.2) is 9.59 Å². The molecule has 1 saturated heterocycles. The van der Waals surface area contributed by atoms with E-state index >= 15 is 0 Å². The third-order valence-corrected chi connectivity index (χ3v) is 6.86. The summed E-state index contributed by atoms with van der Waals surface area (Å²) >= 11 is 0. The molecular formula is C23H25N5O6. The van der Waals surface area contributed by atoms with Crippen molar-refractivity contribution in [2.45, 2.75) is 32.2 Å². The molecule has 0 bridgehead atoms. The van der Waals surface area contributed by atoms with Crippen molar-refractivity contribution in [1.29, 1.82) is 0 Å². The first-order valence-electron chi connectivity index (χ1n) is 11.5. The number of hydrogen-bond donors (Lipinski definition) is 0. The van der Waals surface area contributed by atoms with Gasteiger partial charge in [-0.15, -0.1) is 10.2 Å². The minimum absolute atomic E-state index is 0.0189. The highest BCUT2D eigenvalue weighted by Crippen LogP contribution is 2.58. The lowest BCUT2D eigenvalue weighted by Gasteiger charge is -2.18. The summed E-state index contributed by atoms with van der Waals surface area (Å²) in [6.45, 7) is 7.84. The van der Waals surface area contributed by atoms with Crippen molar-refractivity contribution in [3.63, 3.8) is 0 Å². The Morgan fingerprint density at radius 1 is 1.09 bits per heavy atom. The zero-order valence-electron chi connectivity index (χ0n) is 19.2. The number of benzene rings is 1. The molecule has 0 N–H and O–H groups in total. The van der Waals surface area contributed by atoms with Crippen LogP contribution in [-0.2, 0) is 4.74 Å². The normalized spacial score (nSPS) is 22.3. The van der Waals surface area contributed by atoms with Crippen molar-refractivity contribution < 1.29 is 18.0 Å². The number of likely N-dealkylation sites (tertiary alicyclic amines) is 1. The van der Waals surface area contributed by atoms with Crippen molar-refractivity contribution in [1.82, 2.24) is 24.9 Å². The molecule has 34 heavy (non-hydrogen) atoms. The molecule has 1 saturated carbocycles. The van der Waals surface area contributed by atoms with Gasteiger partial charge in [0.15, 0.2) is 16.9 Å². The van der Waals surface area contributed by atoms with Crippen LogP contribution in [0.25, 0.3) is 33.7 Å². The molecule has 2 aliphatic rings. The lowest BCUT2D eigenvalue weighted by molar-refractivity contribution is 0.175. The van der Waals surface area contributed by atoms with E-state index in [0.29, 0.717) is 34.3 Å². The molecule has 1 aromatic carbocycles. The maximum atomic E-state index is 11.9. The van der Waals surface area contributed by atoms with E-state index in [0.717, 1.165) is 32.7 Å². The lowest BCUT2D eigenvalue weighted by Crippen LogP contribution is -2.26. The molecule has 11 heteroatoms. The minimum Gasteiger partial charge on any atom is -0.419 e. The number of fused-ring (bicyclic) bond motifs is 4. The van der Waals surface area contributed by atoms with E-state index < -0.39 is 11.3 Å². The number of piperidine rings is 1. The molecule has 0 amide bonds. The zero-order chi connectivity index (χ0) is 23.6. The maximum Gasteiger partial charge on any atom is 0.423 e. The first-order chi connectivity index (χ1) is 16.5. The summed E-state index contributed by atoms with van der Waals surface area (Å²) in [6, 6.07) is 3.39. The molecule has 4 aromatic rings. The Bertz CT molecular complexity index is 1490. The summed E-state index contributed by atoms with van der Waals surface area (Å²) in [5.41, 5.74) is -0.719. The molecule has 178 valence electrons. The SMILES string of the molecule is COCCCN1CC2C(C1)C2c1nnc(-c2nn(C(C)C)c3ccc4oc(=O)c(=O)oc4c23)o1. The molecule has 2 fully saturated rings. The number of methoxy groups -OCH3 is 1. The first-order valence-corrected chi connectivity index (χ1v) is 11.5. The van der Waals surface area contributed by atoms with Gasteiger partial charge < -0.3 is 22.9 Å². The first kappa shape index (κ1) is 21.2. The van der Waals surface area contributed by atoms with Gasteiger partial charge in [0, 0.05) is 45.3 Å². The van der Waals surface area contributed by atoms with Gasteiger partial charge in [0.25, 0.3) is 5.89 Å². The van der Waals surface area contributed by atoms with E-state index in [1.165, 1.54) is 0 Å². The predicted octanol–water partition coefficient (Wildman–Crippen LogP) is 2.41. The second-order valence-corrected chi connectivity index (χ2v) is 9.36. The lowest BCUT2D eigenvalue weighted by atomic mass is 10.2. The van der Waals surface area contributed by atoms with Crippen molar-refractivity contribution >= 4 is 22.1 Å². The van der Waals surface area contributed by atoms with Crippen LogP contribution in [0.4, 0.5) is 0 Å². The molecule has 4 heterocycles. The van der Waals surface area contributed by atoms with Gasteiger partial charge in [0.1, 0.15) is 0 Å².